The highest BCUT2D eigenvalue weighted by atomic mass is 15.1. The topological polar surface area (TPSA) is 19.0 Å². The highest BCUT2D eigenvalue weighted by molar-refractivity contribution is 5.82. The van der Waals surface area contributed by atoms with Gasteiger partial charge in [-0.3, -0.25) is 0 Å². The van der Waals surface area contributed by atoms with Gasteiger partial charge in [-0.1, -0.05) is 6.58 Å². The van der Waals surface area contributed by atoms with Crippen molar-refractivity contribution >= 4 is 11.3 Å². The van der Waals surface area contributed by atoms with Gasteiger partial charge in [-0.25, -0.2) is 0 Å². The van der Waals surface area contributed by atoms with Crippen LogP contribution in [0.15, 0.2) is 19.0 Å². The molecule has 13 heavy (non-hydrogen) atoms. The fraction of sp³-hybridized carbons (Fsp3) is 0.273. The lowest BCUT2D eigenvalue weighted by atomic mass is 10.0. The monoisotopic (exact) mass is 174 g/mol. The number of hydrogen-bond donors (Lipinski definition) is 1. The lowest BCUT2D eigenvalue weighted by molar-refractivity contribution is 0.651. The van der Waals surface area contributed by atoms with E-state index >= 15 is 0 Å². The number of H-pyrrole nitrogens is 1. The summed E-state index contributed by atoms with van der Waals surface area (Å²) in [5.74, 6) is 0. The third kappa shape index (κ3) is 1.02. The van der Waals surface area contributed by atoms with E-state index in [2.05, 4.69) is 36.5 Å². The van der Waals surface area contributed by atoms with E-state index < -0.39 is 0 Å². The third-order valence-electron chi connectivity index (χ3n) is 2.57. The van der Waals surface area contributed by atoms with Gasteiger partial charge in [0, 0.05) is 30.7 Å². The lowest BCUT2D eigenvalue weighted by Crippen LogP contribution is -2.14. The standard InChI is InChI=1S/C11H14N2/c1-7-5-12-11-8(2)6-13(4)9(3)10(7)11/h5-6,12H,3H2,1-2,4H3. The quantitative estimate of drug-likeness (QED) is 0.640. The van der Waals surface area contributed by atoms with Gasteiger partial charge in [0.2, 0.25) is 0 Å². The minimum absolute atomic E-state index is 1.07. The Labute approximate surface area is 78.6 Å². The first kappa shape index (κ1) is 8.17. The summed E-state index contributed by atoms with van der Waals surface area (Å²) in [6.45, 7) is 8.28. The van der Waals surface area contributed by atoms with Crippen molar-refractivity contribution in [3.63, 3.8) is 0 Å². The number of hydrogen-bond acceptors (Lipinski definition) is 1. The summed E-state index contributed by atoms with van der Waals surface area (Å²) in [7, 11) is 2.03. The van der Waals surface area contributed by atoms with Crippen LogP contribution in [0, 0.1) is 6.92 Å². The lowest BCUT2D eigenvalue weighted by Gasteiger charge is -2.24. The van der Waals surface area contributed by atoms with Crippen molar-refractivity contribution in [2.75, 3.05) is 7.05 Å². The summed E-state index contributed by atoms with van der Waals surface area (Å²) in [5.41, 5.74) is 6.06. The largest absolute Gasteiger partial charge is 0.361 e. The Morgan fingerprint density at radius 2 is 2.08 bits per heavy atom. The molecule has 1 aromatic heterocycles. The average molecular weight is 174 g/mol. The molecule has 0 atom stereocenters. The summed E-state index contributed by atoms with van der Waals surface area (Å²) < 4.78 is 0. The van der Waals surface area contributed by atoms with Gasteiger partial charge in [-0.2, -0.15) is 0 Å². The smallest absolute Gasteiger partial charge is 0.0522 e. The fourth-order valence-electron chi connectivity index (χ4n) is 1.81. The Hall–Kier alpha value is -1.44. The first-order valence-corrected chi connectivity index (χ1v) is 4.40. The van der Waals surface area contributed by atoms with Gasteiger partial charge >= 0.3 is 0 Å². The molecule has 1 N–H and O–H groups in total. The van der Waals surface area contributed by atoms with Gasteiger partial charge < -0.3 is 9.88 Å². The molecule has 0 bridgehead atoms. The van der Waals surface area contributed by atoms with Crippen molar-refractivity contribution in [2.45, 2.75) is 13.8 Å². The van der Waals surface area contributed by atoms with Gasteiger partial charge in [0.1, 0.15) is 0 Å². The summed E-state index contributed by atoms with van der Waals surface area (Å²) in [6, 6.07) is 0. The molecular weight excluding hydrogens is 160 g/mol. The van der Waals surface area contributed by atoms with Crippen molar-refractivity contribution in [3.05, 3.63) is 35.8 Å². The van der Waals surface area contributed by atoms with Gasteiger partial charge in [-0.15, -0.1) is 0 Å². The molecule has 0 spiro atoms. The predicted octanol–water partition coefficient (Wildman–Crippen LogP) is 2.60. The molecule has 2 nitrogen and oxygen atoms in total. The van der Waals surface area contributed by atoms with E-state index in [1.165, 1.54) is 22.4 Å². The van der Waals surface area contributed by atoms with Crippen LogP contribution in [0.5, 0.6) is 0 Å². The Bertz CT molecular complexity index is 396. The zero-order chi connectivity index (χ0) is 9.59. The van der Waals surface area contributed by atoms with Crippen LogP contribution in [0.25, 0.3) is 11.3 Å². The number of aromatic amines is 1. The van der Waals surface area contributed by atoms with Gasteiger partial charge in [0.05, 0.1) is 5.69 Å². The van der Waals surface area contributed by atoms with Crippen LogP contribution >= 0.6 is 0 Å². The molecule has 0 unspecified atom stereocenters. The second kappa shape index (κ2) is 2.52. The minimum atomic E-state index is 1.07. The molecule has 0 saturated carbocycles. The Balaban J connectivity index is 2.67. The molecule has 0 fully saturated rings. The number of aromatic nitrogens is 1. The Morgan fingerprint density at radius 3 is 2.77 bits per heavy atom. The first-order valence-electron chi connectivity index (χ1n) is 4.40. The summed E-state index contributed by atoms with van der Waals surface area (Å²) in [6.07, 6.45) is 4.13. The highest BCUT2D eigenvalue weighted by Crippen LogP contribution is 2.33. The van der Waals surface area contributed by atoms with Crippen molar-refractivity contribution < 1.29 is 0 Å². The van der Waals surface area contributed by atoms with Crippen LogP contribution in [0.1, 0.15) is 23.7 Å². The average Bonchev–Trinajstić information content (AvgIpc) is 2.44. The molecule has 1 aliphatic heterocycles. The van der Waals surface area contributed by atoms with E-state index in [4.69, 9.17) is 0 Å². The molecule has 2 heterocycles. The molecular formula is C11H14N2. The van der Waals surface area contributed by atoms with Crippen LogP contribution in [0.3, 0.4) is 0 Å². The zero-order valence-corrected chi connectivity index (χ0v) is 8.31. The molecule has 1 aromatic rings. The van der Waals surface area contributed by atoms with E-state index in [-0.39, 0.29) is 0 Å². The Morgan fingerprint density at radius 1 is 1.38 bits per heavy atom. The van der Waals surface area contributed by atoms with Crippen LogP contribution in [0.2, 0.25) is 0 Å². The van der Waals surface area contributed by atoms with E-state index in [9.17, 15) is 0 Å². The summed E-state index contributed by atoms with van der Waals surface area (Å²) in [5, 5.41) is 0. The van der Waals surface area contributed by atoms with Crippen LogP contribution in [0.4, 0.5) is 0 Å². The van der Waals surface area contributed by atoms with Crippen molar-refractivity contribution in [3.8, 4) is 0 Å². The number of rotatable bonds is 0. The molecule has 1 aliphatic rings. The predicted molar refractivity (Wildman–Crippen MR) is 56.0 cm³/mol. The summed E-state index contributed by atoms with van der Waals surface area (Å²) in [4.78, 5) is 5.34. The molecule has 0 aliphatic carbocycles. The molecule has 68 valence electrons. The van der Waals surface area contributed by atoms with Crippen molar-refractivity contribution in [2.24, 2.45) is 0 Å². The van der Waals surface area contributed by atoms with Gasteiger partial charge in [0.15, 0.2) is 0 Å². The minimum Gasteiger partial charge on any atom is -0.361 e. The number of nitrogens with one attached hydrogen (secondary N) is 1. The maximum absolute atomic E-state index is 4.07. The molecule has 0 saturated heterocycles. The number of nitrogens with zero attached hydrogens (tertiary/aromatic N) is 1. The first-order chi connectivity index (χ1) is 6.11. The van der Waals surface area contributed by atoms with Gasteiger partial charge in [0.25, 0.3) is 0 Å². The normalized spacial score (nSPS) is 15.8. The van der Waals surface area contributed by atoms with E-state index in [1.54, 1.807) is 0 Å². The van der Waals surface area contributed by atoms with Gasteiger partial charge in [-0.05, 0) is 25.0 Å². The SMILES string of the molecule is C=C1c2c(C)c[nH]c2C(C)=CN1C. The van der Waals surface area contributed by atoms with Crippen LogP contribution in [-0.2, 0) is 0 Å². The second-order valence-corrected chi connectivity index (χ2v) is 3.59. The molecule has 0 aromatic carbocycles. The molecule has 2 heteroatoms. The highest BCUT2D eigenvalue weighted by Gasteiger charge is 2.19. The van der Waals surface area contributed by atoms with E-state index in [0.717, 1.165) is 5.70 Å². The van der Waals surface area contributed by atoms with E-state index in [1.807, 2.05) is 13.2 Å². The fourth-order valence-corrected chi connectivity index (χ4v) is 1.81. The maximum Gasteiger partial charge on any atom is 0.0522 e. The third-order valence-corrected chi connectivity index (χ3v) is 2.57. The summed E-state index contributed by atoms with van der Waals surface area (Å²) >= 11 is 0. The number of allylic oxidation sites excluding steroid dienone is 1. The molecule has 2 rings (SSSR count). The second-order valence-electron chi connectivity index (χ2n) is 3.59. The van der Waals surface area contributed by atoms with Crippen molar-refractivity contribution in [1.29, 1.82) is 0 Å². The maximum atomic E-state index is 4.07. The zero-order valence-electron chi connectivity index (χ0n) is 8.31. The van der Waals surface area contributed by atoms with Crippen LogP contribution in [-0.4, -0.2) is 16.9 Å². The Kier molecular flexibility index (Phi) is 1.59. The van der Waals surface area contributed by atoms with Crippen molar-refractivity contribution in [1.82, 2.24) is 9.88 Å². The van der Waals surface area contributed by atoms with Crippen LogP contribution < -0.4 is 0 Å². The molecule has 0 radical (unpaired) electrons. The number of aryl methyl sites for hydroxylation is 1. The van der Waals surface area contributed by atoms with E-state index in [0.29, 0.717) is 0 Å². The molecule has 0 amide bonds. The number of fused-ring (bicyclic) bond motifs is 1.